The Kier molecular flexibility index (Phi) is 3.89. The molecule has 0 aliphatic heterocycles. The van der Waals surface area contributed by atoms with E-state index < -0.39 is 0 Å². The second-order valence-electron chi connectivity index (χ2n) is 3.15. The van der Waals surface area contributed by atoms with E-state index >= 15 is 0 Å². The molecule has 0 spiro atoms. The lowest BCUT2D eigenvalue weighted by Crippen LogP contribution is -2.00. The van der Waals surface area contributed by atoms with Crippen molar-refractivity contribution in [1.29, 1.82) is 0 Å². The second kappa shape index (κ2) is 5.21. The highest BCUT2D eigenvalue weighted by atomic mass is 79.9. The van der Waals surface area contributed by atoms with Gasteiger partial charge in [0.05, 0.1) is 16.9 Å². The van der Waals surface area contributed by atoms with Crippen molar-refractivity contribution in [2.75, 3.05) is 5.75 Å². The quantitative estimate of drug-likeness (QED) is 0.619. The number of rotatable bonds is 4. The molecule has 2 rings (SSSR count). The molecule has 0 radical (unpaired) electrons. The first-order valence-electron chi connectivity index (χ1n) is 4.61. The molecule has 84 valence electrons. The van der Waals surface area contributed by atoms with Gasteiger partial charge in [-0.25, -0.2) is 0 Å². The Morgan fingerprint density at radius 2 is 2.38 bits per heavy atom. The lowest BCUT2D eigenvalue weighted by atomic mass is 10.3. The lowest BCUT2D eigenvalue weighted by Gasteiger charge is -1.98. The number of halogens is 1. The van der Waals surface area contributed by atoms with E-state index in [1.165, 1.54) is 23.1 Å². The monoisotopic (exact) mass is 316 g/mol. The Morgan fingerprint density at radius 3 is 2.94 bits per heavy atom. The molecule has 2 aromatic heterocycles. The first kappa shape index (κ1) is 12.0. The van der Waals surface area contributed by atoms with Crippen LogP contribution in [0.2, 0.25) is 0 Å². The molecule has 2 nitrogen and oxygen atoms in total. The van der Waals surface area contributed by atoms with Crippen molar-refractivity contribution < 1.29 is 9.21 Å². The summed E-state index contributed by atoms with van der Waals surface area (Å²) in [6.45, 7) is 1.90. The highest BCUT2D eigenvalue weighted by Gasteiger charge is 2.13. The van der Waals surface area contributed by atoms with Gasteiger partial charge in [0, 0.05) is 9.37 Å². The fraction of sp³-hybridized carbons (Fsp3) is 0.182. The van der Waals surface area contributed by atoms with Crippen LogP contribution in [0.3, 0.4) is 0 Å². The van der Waals surface area contributed by atoms with Crippen LogP contribution in [0.1, 0.15) is 15.4 Å². The van der Waals surface area contributed by atoms with Gasteiger partial charge in [0.15, 0.2) is 5.78 Å². The van der Waals surface area contributed by atoms with E-state index in [0.29, 0.717) is 5.75 Å². The van der Waals surface area contributed by atoms with Crippen molar-refractivity contribution in [1.82, 2.24) is 0 Å². The molecule has 0 unspecified atom stereocenters. The van der Waals surface area contributed by atoms with Gasteiger partial charge in [-0.2, -0.15) is 0 Å². The van der Waals surface area contributed by atoms with Crippen LogP contribution in [0.4, 0.5) is 0 Å². The summed E-state index contributed by atoms with van der Waals surface area (Å²) in [4.78, 5) is 13.7. The summed E-state index contributed by atoms with van der Waals surface area (Å²) in [5.41, 5.74) is 0. The highest BCUT2D eigenvalue weighted by molar-refractivity contribution is 9.10. The molecule has 0 aromatic carbocycles. The maximum atomic E-state index is 11.9. The van der Waals surface area contributed by atoms with Crippen LogP contribution >= 0.6 is 39.0 Å². The van der Waals surface area contributed by atoms with Crippen molar-refractivity contribution in [2.45, 2.75) is 11.8 Å². The van der Waals surface area contributed by atoms with Crippen LogP contribution in [0, 0.1) is 6.92 Å². The average Bonchev–Trinajstić information content (AvgIpc) is 2.84. The molecule has 2 aromatic rings. The Labute approximate surface area is 110 Å². The maximum Gasteiger partial charge on any atom is 0.184 e. The van der Waals surface area contributed by atoms with Crippen molar-refractivity contribution >= 4 is 44.8 Å². The molecule has 0 saturated heterocycles. The third-order valence-corrected chi connectivity index (χ3v) is 5.06. The van der Waals surface area contributed by atoms with Crippen LogP contribution in [0.5, 0.6) is 0 Å². The van der Waals surface area contributed by atoms with E-state index in [2.05, 4.69) is 15.9 Å². The lowest BCUT2D eigenvalue weighted by molar-refractivity contribution is 0.102. The number of aryl methyl sites for hydroxylation is 1. The molecular formula is C11H9BrO2S2. The van der Waals surface area contributed by atoms with Crippen molar-refractivity contribution in [3.63, 3.8) is 0 Å². The fourth-order valence-electron chi connectivity index (χ4n) is 1.22. The van der Waals surface area contributed by atoms with E-state index in [1.807, 2.05) is 24.4 Å². The summed E-state index contributed by atoms with van der Waals surface area (Å²) >= 11 is 6.34. The Morgan fingerprint density at radius 1 is 1.56 bits per heavy atom. The molecule has 0 aliphatic carbocycles. The molecule has 5 heteroatoms. The Balaban J connectivity index is 1.99. The smallest absolute Gasteiger partial charge is 0.184 e. The van der Waals surface area contributed by atoms with Gasteiger partial charge in [-0.1, -0.05) is 0 Å². The number of carbonyl (C=O) groups is 1. The molecule has 0 bridgehead atoms. The van der Waals surface area contributed by atoms with Crippen molar-refractivity contribution in [2.24, 2.45) is 0 Å². The summed E-state index contributed by atoms with van der Waals surface area (Å²) < 4.78 is 6.05. The van der Waals surface area contributed by atoms with Gasteiger partial charge in [-0.05, 0) is 40.4 Å². The Bertz CT molecular complexity index is 502. The fourth-order valence-corrected chi connectivity index (χ4v) is 3.68. The summed E-state index contributed by atoms with van der Waals surface area (Å²) in [5.74, 6) is 1.45. The van der Waals surface area contributed by atoms with Crippen LogP contribution in [0.25, 0.3) is 0 Å². The van der Waals surface area contributed by atoms with E-state index in [4.69, 9.17) is 4.42 Å². The number of hydrogen-bond acceptors (Lipinski definition) is 4. The van der Waals surface area contributed by atoms with Crippen LogP contribution < -0.4 is 0 Å². The van der Waals surface area contributed by atoms with E-state index in [9.17, 15) is 4.79 Å². The molecule has 0 amide bonds. The number of carbonyl (C=O) groups excluding carboxylic acids is 1. The zero-order chi connectivity index (χ0) is 11.5. The van der Waals surface area contributed by atoms with E-state index in [1.54, 1.807) is 6.26 Å². The topological polar surface area (TPSA) is 30.2 Å². The first-order chi connectivity index (χ1) is 7.68. The van der Waals surface area contributed by atoms with Crippen LogP contribution in [-0.4, -0.2) is 11.5 Å². The number of thioether (sulfide) groups is 1. The van der Waals surface area contributed by atoms with Crippen LogP contribution in [-0.2, 0) is 0 Å². The van der Waals surface area contributed by atoms with Gasteiger partial charge in [0.2, 0.25) is 0 Å². The third kappa shape index (κ3) is 2.59. The molecular weight excluding hydrogens is 308 g/mol. The van der Waals surface area contributed by atoms with Gasteiger partial charge >= 0.3 is 0 Å². The second-order valence-corrected chi connectivity index (χ2v) is 5.94. The largest absolute Gasteiger partial charge is 0.468 e. The third-order valence-electron chi connectivity index (χ3n) is 2.04. The molecule has 2 heterocycles. The summed E-state index contributed by atoms with van der Waals surface area (Å²) in [7, 11) is 0. The van der Waals surface area contributed by atoms with Crippen molar-refractivity contribution in [3.8, 4) is 0 Å². The van der Waals surface area contributed by atoms with Gasteiger partial charge in [0.25, 0.3) is 0 Å². The molecule has 16 heavy (non-hydrogen) atoms. The zero-order valence-electron chi connectivity index (χ0n) is 8.53. The average molecular weight is 317 g/mol. The molecule has 0 aliphatic rings. The minimum absolute atomic E-state index is 0.146. The summed E-state index contributed by atoms with van der Waals surface area (Å²) in [6.07, 6.45) is 1.64. The number of hydrogen-bond donors (Lipinski definition) is 0. The van der Waals surface area contributed by atoms with Crippen molar-refractivity contribution in [3.05, 3.63) is 38.9 Å². The SMILES string of the molecule is Cc1occc1SCC(=O)c1sccc1Br. The van der Waals surface area contributed by atoms with Gasteiger partial charge in [0.1, 0.15) is 5.76 Å². The maximum absolute atomic E-state index is 11.9. The summed E-state index contributed by atoms with van der Waals surface area (Å²) in [5, 5.41) is 1.91. The minimum atomic E-state index is 0.146. The van der Waals surface area contributed by atoms with Gasteiger partial charge in [-0.3, -0.25) is 4.79 Å². The standard InChI is InChI=1S/C11H9BrO2S2/c1-7-10(2-4-14-7)16-6-9(13)11-8(12)3-5-15-11/h2-5H,6H2,1H3. The zero-order valence-corrected chi connectivity index (χ0v) is 11.7. The van der Waals surface area contributed by atoms with Crippen LogP contribution in [0.15, 0.2) is 37.6 Å². The van der Waals surface area contributed by atoms with E-state index in [0.717, 1.165) is 20.0 Å². The number of ketones is 1. The van der Waals surface area contributed by atoms with Gasteiger partial charge in [-0.15, -0.1) is 23.1 Å². The molecule has 0 atom stereocenters. The van der Waals surface area contributed by atoms with Gasteiger partial charge < -0.3 is 4.42 Å². The predicted octanol–water partition coefficient (Wildman–Crippen LogP) is 4.39. The number of furan rings is 1. The minimum Gasteiger partial charge on any atom is -0.468 e. The number of thiophene rings is 1. The molecule has 0 fully saturated rings. The summed E-state index contributed by atoms with van der Waals surface area (Å²) in [6, 6.07) is 3.78. The van der Waals surface area contributed by atoms with E-state index in [-0.39, 0.29) is 5.78 Å². The first-order valence-corrected chi connectivity index (χ1v) is 7.27. The molecule has 0 saturated carbocycles. The normalized spacial score (nSPS) is 10.6. The molecule has 0 N–H and O–H groups in total. The number of Topliss-reactive ketones (excluding diaryl/α,β-unsaturated/α-hetero) is 1. The predicted molar refractivity (Wildman–Crippen MR) is 70.5 cm³/mol. The highest BCUT2D eigenvalue weighted by Crippen LogP contribution is 2.27. The Hall–Kier alpha value is -0.520.